The molecule has 1 aliphatic heterocycles. The number of benzene rings is 1. The van der Waals surface area contributed by atoms with E-state index in [1.165, 1.54) is 6.20 Å². The van der Waals surface area contributed by atoms with Gasteiger partial charge in [0.05, 0.1) is 11.5 Å². The summed E-state index contributed by atoms with van der Waals surface area (Å²) < 4.78 is 39.7. The van der Waals surface area contributed by atoms with Crippen LogP contribution in [0.15, 0.2) is 41.5 Å². The van der Waals surface area contributed by atoms with Gasteiger partial charge >= 0.3 is 12.3 Å². The number of nitrogens with zero attached hydrogens (tertiary/aromatic N) is 2. The number of amides is 1. The Labute approximate surface area is 157 Å². The van der Waals surface area contributed by atoms with Gasteiger partial charge in [-0.25, -0.2) is 0 Å². The monoisotopic (exact) mass is 395 g/mol. The first-order valence-electron chi connectivity index (χ1n) is 8.24. The van der Waals surface area contributed by atoms with E-state index in [1.54, 1.807) is 19.1 Å². The number of nitrogens with one attached hydrogen (secondary N) is 1. The fraction of sp³-hybridized carbons (Fsp3) is 0.278. The quantitative estimate of drug-likeness (QED) is 0.584. The summed E-state index contributed by atoms with van der Waals surface area (Å²) in [6, 6.07) is 5.81. The summed E-state index contributed by atoms with van der Waals surface area (Å²) in [5.41, 5.74) is -0.0394. The van der Waals surface area contributed by atoms with Gasteiger partial charge in [0, 0.05) is 17.5 Å². The molecular formula is C18H16F3N3O4. The molecule has 10 heteroatoms. The first-order valence-corrected chi connectivity index (χ1v) is 8.24. The number of halogens is 3. The Hall–Kier alpha value is -2.82. The van der Waals surface area contributed by atoms with E-state index in [0.29, 0.717) is 17.7 Å². The number of aliphatic hydroxyl groups is 3. The van der Waals surface area contributed by atoms with Gasteiger partial charge in [-0.05, 0) is 35.7 Å². The molecule has 0 spiro atoms. The lowest BCUT2D eigenvalue weighted by molar-refractivity contribution is -0.304. The minimum absolute atomic E-state index is 0.0185. The van der Waals surface area contributed by atoms with E-state index in [0.717, 1.165) is 18.2 Å². The van der Waals surface area contributed by atoms with E-state index < -0.39 is 35.5 Å². The minimum atomic E-state index is -4.65. The van der Waals surface area contributed by atoms with Crippen molar-refractivity contribution in [3.05, 3.63) is 64.5 Å². The minimum Gasteiger partial charge on any atom is -0.324 e. The molecule has 0 aliphatic carbocycles. The number of rotatable bonds is 3. The molecule has 1 aromatic heterocycles. The predicted octanol–water partition coefficient (Wildman–Crippen LogP) is 1.26. The first kappa shape index (κ1) is 19.9. The molecule has 1 aliphatic rings. The molecule has 1 atom stereocenters. The normalized spacial score (nSPS) is 18.8. The Morgan fingerprint density at radius 3 is 2.50 bits per heavy atom. The van der Waals surface area contributed by atoms with Crippen LogP contribution in [0.3, 0.4) is 0 Å². The van der Waals surface area contributed by atoms with Crippen molar-refractivity contribution in [2.45, 2.75) is 31.5 Å². The average molecular weight is 395 g/mol. The van der Waals surface area contributed by atoms with E-state index in [9.17, 15) is 18.0 Å². The van der Waals surface area contributed by atoms with Crippen molar-refractivity contribution in [3.63, 3.8) is 0 Å². The number of aryl methyl sites for hydroxylation is 1. The van der Waals surface area contributed by atoms with Gasteiger partial charge in [0.1, 0.15) is 5.84 Å². The molecule has 28 heavy (non-hydrogen) atoms. The van der Waals surface area contributed by atoms with Crippen molar-refractivity contribution in [2.24, 2.45) is 4.99 Å². The Morgan fingerprint density at radius 2 is 1.89 bits per heavy atom. The number of carbonyl (C=O) groups is 1. The maximum Gasteiger partial charge on any atom is 0.416 e. The highest BCUT2D eigenvalue weighted by Crippen LogP contribution is 2.37. The third-order valence-electron chi connectivity index (χ3n) is 4.28. The second-order valence-electron chi connectivity index (χ2n) is 6.18. The van der Waals surface area contributed by atoms with Crippen LogP contribution in [-0.2, 0) is 17.4 Å². The smallest absolute Gasteiger partial charge is 0.324 e. The number of carbonyl (C=O) groups excluding carboxylic acids is 1. The van der Waals surface area contributed by atoms with Gasteiger partial charge < -0.3 is 20.6 Å². The number of aromatic nitrogens is 1. The van der Waals surface area contributed by atoms with Gasteiger partial charge in [-0.2, -0.15) is 18.2 Å². The molecule has 148 valence electrons. The van der Waals surface area contributed by atoms with E-state index >= 15 is 0 Å². The topological polar surface area (TPSA) is 115 Å². The Balaban J connectivity index is 2.27. The van der Waals surface area contributed by atoms with Gasteiger partial charge in [0.2, 0.25) is 5.91 Å². The van der Waals surface area contributed by atoms with Crippen LogP contribution in [0.2, 0.25) is 0 Å². The summed E-state index contributed by atoms with van der Waals surface area (Å²) in [5.74, 6) is -2.32. The number of hydrogen-bond donors (Lipinski definition) is 4. The van der Waals surface area contributed by atoms with Crippen molar-refractivity contribution in [1.82, 2.24) is 10.3 Å². The van der Waals surface area contributed by atoms with Gasteiger partial charge in [-0.15, -0.1) is 0 Å². The molecule has 0 radical (unpaired) electrons. The number of pyridine rings is 1. The largest absolute Gasteiger partial charge is 0.416 e. The number of amidine groups is 1. The molecule has 7 nitrogen and oxygen atoms in total. The summed E-state index contributed by atoms with van der Waals surface area (Å²) in [6.45, 7) is 1.80. The molecular weight excluding hydrogens is 379 g/mol. The number of hydrogen-bond acceptors (Lipinski definition) is 6. The fourth-order valence-electron chi connectivity index (χ4n) is 3.15. The summed E-state index contributed by atoms with van der Waals surface area (Å²) in [5, 5.41) is 29.6. The fourth-order valence-corrected chi connectivity index (χ4v) is 3.15. The van der Waals surface area contributed by atoms with E-state index in [2.05, 4.69) is 15.3 Å². The van der Waals surface area contributed by atoms with Crippen LogP contribution < -0.4 is 5.32 Å². The molecule has 1 unspecified atom stereocenters. The SMILES string of the molecule is CCc1ncccc1C1C(=O)NC(=NC(O)(O)O)c2ccc(C(F)(F)F)cc21. The standard InChI is InChI=1S/C18H16F3N3O4/c1-2-13-11(4-3-7-22-13)14-12-8-9(17(19,20)21)5-6-10(12)15(23-16(14)25)24-18(26,27)28/h3-8,14,26-28H,2H2,1H3,(H,23,24,25). The van der Waals surface area contributed by atoms with Crippen LogP contribution in [0.25, 0.3) is 0 Å². The molecule has 2 heterocycles. The lowest BCUT2D eigenvalue weighted by Crippen LogP contribution is -2.44. The molecule has 0 fully saturated rings. The van der Waals surface area contributed by atoms with Crippen LogP contribution in [-0.4, -0.2) is 38.1 Å². The van der Waals surface area contributed by atoms with Crippen molar-refractivity contribution in [3.8, 4) is 0 Å². The Kier molecular flexibility index (Phi) is 4.96. The third-order valence-corrected chi connectivity index (χ3v) is 4.28. The zero-order chi connectivity index (χ0) is 20.7. The van der Waals surface area contributed by atoms with Gasteiger partial charge in [-0.1, -0.05) is 19.1 Å². The second-order valence-corrected chi connectivity index (χ2v) is 6.18. The van der Waals surface area contributed by atoms with Gasteiger partial charge in [-0.3, -0.25) is 9.78 Å². The highest BCUT2D eigenvalue weighted by Gasteiger charge is 2.38. The zero-order valence-electron chi connectivity index (χ0n) is 14.5. The maximum absolute atomic E-state index is 13.2. The third kappa shape index (κ3) is 3.88. The summed E-state index contributed by atoms with van der Waals surface area (Å²) >= 11 is 0. The molecule has 1 amide bonds. The summed E-state index contributed by atoms with van der Waals surface area (Å²) in [7, 11) is 0. The second kappa shape index (κ2) is 6.97. The van der Waals surface area contributed by atoms with Crippen molar-refractivity contribution < 1.29 is 33.3 Å². The van der Waals surface area contributed by atoms with Gasteiger partial charge in [0.25, 0.3) is 0 Å². The molecule has 1 aromatic carbocycles. The van der Waals surface area contributed by atoms with Crippen LogP contribution in [0.1, 0.15) is 40.8 Å². The van der Waals surface area contributed by atoms with Crippen molar-refractivity contribution in [1.29, 1.82) is 0 Å². The molecule has 2 aromatic rings. The zero-order valence-corrected chi connectivity index (χ0v) is 14.5. The molecule has 4 N–H and O–H groups in total. The number of alkyl halides is 3. The van der Waals surface area contributed by atoms with Crippen molar-refractivity contribution in [2.75, 3.05) is 0 Å². The van der Waals surface area contributed by atoms with Crippen LogP contribution in [0, 0.1) is 0 Å². The highest BCUT2D eigenvalue weighted by molar-refractivity contribution is 6.15. The Morgan fingerprint density at radius 1 is 1.18 bits per heavy atom. The lowest BCUT2D eigenvalue weighted by atomic mass is 9.82. The first-order chi connectivity index (χ1) is 13.0. The summed E-state index contributed by atoms with van der Waals surface area (Å²) in [4.78, 5) is 20.1. The number of fused-ring (bicyclic) bond motifs is 1. The van der Waals surface area contributed by atoms with Crippen LogP contribution in [0.4, 0.5) is 13.2 Å². The van der Waals surface area contributed by atoms with E-state index in [-0.39, 0.29) is 11.1 Å². The van der Waals surface area contributed by atoms with Crippen LogP contribution in [0.5, 0.6) is 0 Å². The number of aliphatic imine (C=N–C) groups is 1. The van der Waals surface area contributed by atoms with Crippen LogP contribution >= 0.6 is 0 Å². The molecule has 3 rings (SSSR count). The summed E-state index contributed by atoms with van der Waals surface area (Å²) in [6.07, 6.45) is -6.19. The maximum atomic E-state index is 13.2. The van der Waals surface area contributed by atoms with E-state index in [1.807, 2.05) is 0 Å². The predicted molar refractivity (Wildman–Crippen MR) is 91.0 cm³/mol. The molecule has 0 saturated heterocycles. The van der Waals surface area contributed by atoms with E-state index in [4.69, 9.17) is 15.3 Å². The van der Waals surface area contributed by atoms with Gasteiger partial charge in [0.15, 0.2) is 0 Å². The van der Waals surface area contributed by atoms with Crippen molar-refractivity contribution >= 4 is 11.7 Å². The molecule has 0 saturated carbocycles. The lowest BCUT2D eigenvalue weighted by Gasteiger charge is -2.29. The molecule has 0 bridgehead atoms. The Bertz CT molecular complexity index is 952. The average Bonchev–Trinajstić information content (AvgIpc) is 2.59. The highest BCUT2D eigenvalue weighted by atomic mass is 19.4.